The van der Waals surface area contributed by atoms with Gasteiger partial charge in [-0.1, -0.05) is 23.9 Å². The van der Waals surface area contributed by atoms with E-state index >= 15 is 0 Å². The van der Waals surface area contributed by atoms with Gasteiger partial charge >= 0.3 is 0 Å². The topological polar surface area (TPSA) is 61.5 Å². The van der Waals surface area contributed by atoms with Crippen LogP contribution in [0.25, 0.3) is 11.8 Å². The third-order valence-electron chi connectivity index (χ3n) is 4.65. The minimum atomic E-state index is -0.433. The van der Waals surface area contributed by atoms with Crippen LogP contribution in [0.3, 0.4) is 0 Å². The van der Waals surface area contributed by atoms with Crippen LogP contribution in [0.2, 0.25) is 0 Å². The van der Waals surface area contributed by atoms with Gasteiger partial charge < -0.3 is 4.57 Å². The number of hydrogen-bond acceptors (Lipinski definition) is 3. The lowest BCUT2D eigenvalue weighted by Crippen LogP contribution is -2.37. The Hall–Kier alpha value is -2.93. The van der Waals surface area contributed by atoms with Gasteiger partial charge in [-0.25, -0.2) is 4.39 Å². The molecule has 0 unspecified atom stereocenters. The fourth-order valence-electron chi connectivity index (χ4n) is 3.33. The number of aromatic nitrogens is 1. The predicted octanol–water partition coefficient (Wildman–Crippen LogP) is 4.40. The number of nitrogens with zero attached hydrogens (tertiary/aromatic N) is 3. The summed E-state index contributed by atoms with van der Waals surface area (Å²) in [6.07, 6.45) is 1.67. The molecule has 0 saturated heterocycles. The van der Waals surface area contributed by atoms with E-state index in [4.69, 9.17) is 5.41 Å². The molecule has 0 saturated carbocycles. The minimum Gasteiger partial charge on any atom is -0.315 e. The second-order valence-corrected chi connectivity index (χ2v) is 7.27. The number of carbonyl (C=O) groups excluding carboxylic acids is 1. The maximum atomic E-state index is 14.3. The molecule has 0 bridgehead atoms. The van der Waals surface area contributed by atoms with Gasteiger partial charge in [-0.05, 0) is 56.0 Å². The molecule has 5 nitrogen and oxygen atoms in total. The molecule has 1 aromatic heterocycles. The van der Waals surface area contributed by atoms with Crippen molar-refractivity contribution in [2.45, 2.75) is 20.8 Å². The van der Waals surface area contributed by atoms with Gasteiger partial charge in [0.05, 0.1) is 11.3 Å². The molecule has 0 fully saturated rings. The van der Waals surface area contributed by atoms with Gasteiger partial charge in [0.15, 0.2) is 5.17 Å². The first-order valence-electron chi connectivity index (χ1n) is 8.39. The number of amides is 1. The summed E-state index contributed by atoms with van der Waals surface area (Å²) in [6, 6.07) is 8.45. The highest BCUT2D eigenvalue weighted by Crippen LogP contribution is 2.32. The number of nitrogens with one attached hydrogen (secondary N) is 1. The maximum Gasteiger partial charge on any atom is 0.283 e. The summed E-state index contributed by atoms with van der Waals surface area (Å²) >= 11 is 1.34. The smallest absolute Gasteiger partial charge is 0.283 e. The number of hydrogen-bond donors (Lipinski definition) is 1. The Morgan fingerprint density at radius 3 is 2.70 bits per heavy atom. The molecular formula is C20H17FN4OS. The first kappa shape index (κ1) is 17.5. The zero-order valence-corrected chi connectivity index (χ0v) is 15.9. The van der Waals surface area contributed by atoms with Gasteiger partial charge in [0.25, 0.3) is 5.91 Å². The van der Waals surface area contributed by atoms with Crippen molar-refractivity contribution in [1.29, 1.82) is 5.41 Å². The summed E-state index contributed by atoms with van der Waals surface area (Å²) in [5, 5.41) is 10.8. The van der Waals surface area contributed by atoms with Crippen LogP contribution in [-0.2, 0) is 4.79 Å². The lowest BCUT2D eigenvalue weighted by Gasteiger charge is -2.25. The van der Waals surface area contributed by atoms with E-state index in [0.717, 1.165) is 22.6 Å². The number of para-hydroxylation sites is 1. The van der Waals surface area contributed by atoms with Crippen LogP contribution in [0, 0.1) is 25.1 Å². The maximum absolute atomic E-state index is 14.3. The van der Waals surface area contributed by atoms with Crippen LogP contribution in [0.1, 0.15) is 23.9 Å². The van der Waals surface area contributed by atoms with Crippen LogP contribution < -0.4 is 0 Å². The number of thioether (sulfide) groups is 1. The first-order valence-corrected chi connectivity index (χ1v) is 9.27. The van der Waals surface area contributed by atoms with E-state index in [0.29, 0.717) is 10.9 Å². The summed E-state index contributed by atoms with van der Waals surface area (Å²) in [4.78, 5) is 18.2. The van der Waals surface area contributed by atoms with E-state index in [-0.39, 0.29) is 17.2 Å². The van der Waals surface area contributed by atoms with Crippen molar-refractivity contribution in [1.82, 2.24) is 9.47 Å². The van der Waals surface area contributed by atoms with Crippen molar-refractivity contribution in [3.63, 3.8) is 0 Å². The molecule has 1 amide bonds. The number of aryl methyl sites for hydroxylation is 1. The Labute approximate surface area is 160 Å². The average Bonchev–Trinajstić information content (AvgIpc) is 3.12. The normalized spacial score (nSPS) is 18.1. The predicted molar refractivity (Wildman–Crippen MR) is 107 cm³/mol. The van der Waals surface area contributed by atoms with E-state index in [1.807, 2.05) is 36.8 Å². The van der Waals surface area contributed by atoms with Gasteiger partial charge in [0, 0.05) is 17.1 Å². The molecule has 2 aliphatic rings. The molecule has 7 heteroatoms. The molecular weight excluding hydrogens is 363 g/mol. The van der Waals surface area contributed by atoms with Crippen molar-refractivity contribution < 1.29 is 9.18 Å². The highest BCUT2D eigenvalue weighted by molar-refractivity contribution is 8.16. The van der Waals surface area contributed by atoms with Gasteiger partial charge in [-0.2, -0.15) is 4.99 Å². The van der Waals surface area contributed by atoms with Gasteiger partial charge in [0.1, 0.15) is 11.7 Å². The van der Waals surface area contributed by atoms with Gasteiger partial charge in [-0.15, -0.1) is 0 Å². The van der Waals surface area contributed by atoms with Crippen LogP contribution in [-0.4, -0.2) is 26.4 Å². The average molecular weight is 380 g/mol. The van der Waals surface area contributed by atoms with Crippen molar-refractivity contribution in [3.05, 3.63) is 69.8 Å². The third kappa shape index (κ3) is 2.75. The fraction of sp³-hybridized carbons (Fsp3) is 0.150. The number of fused-ring (bicyclic) bond motifs is 1. The van der Waals surface area contributed by atoms with E-state index < -0.39 is 5.91 Å². The number of rotatable bonds is 2. The number of aliphatic imine (C=N–C) groups is 1. The molecule has 2 aliphatic heterocycles. The molecule has 27 heavy (non-hydrogen) atoms. The SMILES string of the molecule is CC1=CSC2=NC(=O)C(=Cc3cc(C)n(-c4ccccc4F)c3C)C(=N)N12. The fourth-order valence-corrected chi connectivity index (χ4v) is 4.19. The molecule has 4 rings (SSSR count). The number of benzene rings is 1. The Bertz CT molecular complexity index is 1090. The summed E-state index contributed by atoms with van der Waals surface area (Å²) in [6.45, 7) is 5.63. The van der Waals surface area contributed by atoms with Gasteiger partial charge in [-0.3, -0.25) is 15.1 Å². The molecule has 2 aromatic rings. The molecule has 136 valence electrons. The second-order valence-electron chi connectivity index (χ2n) is 6.43. The van der Waals surface area contributed by atoms with Crippen molar-refractivity contribution in [2.24, 2.45) is 4.99 Å². The summed E-state index contributed by atoms with van der Waals surface area (Å²) in [5.74, 6) is -0.638. The Morgan fingerprint density at radius 2 is 1.96 bits per heavy atom. The van der Waals surface area contributed by atoms with Crippen LogP contribution >= 0.6 is 11.8 Å². The molecule has 0 radical (unpaired) electrons. The number of halogens is 1. The molecule has 0 atom stereocenters. The standard InChI is InChI=1S/C20H17FN4OS/c1-11-8-14(13(3)24(11)17-7-5-4-6-16(17)21)9-15-18(22)25-12(2)10-27-20(25)23-19(15)26/h4-10,22H,1-3H3. The zero-order chi connectivity index (χ0) is 19.3. The monoisotopic (exact) mass is 380 g/mol. The van der Waals surface area contributed by atoms with Crippen LogP contribution in [0.4, 0.5) is 4.39 Å². The quantitative estimate of drug-likeness (QED) is 0.786. The van der Waals surface area contributed by atoms with Gasteiger partial charge in [0.2, 0.25) is 0 Å². The molecule has 0 aliphatic carbocycles. The largest absolute Gasteiger partial charge is 0.315 e. The number of allylic oxidation sites excluding steroid dienone is 1. The lowest BCUT2D eigenvalue weighted by atomic mass is 10.1. The molecule has 3 heterocycles. The highest BCUT2D eigenvalue weighted by atomic mass is 32.2. The highest BCUT2D eigenvalue weighted by Gasteiger charge is 2.34. The Morgan fingerprint density at radius 1 is 1.22 bits per heavy atom. The minimum absolute atomic E-state index is 0.111. The van der Waals surface area contributed by atoms with Crippen molar-refractivity contribution in [3.8, 4) is 5.69 Å². The van der Waals surface area contributed by atoms with E-state index in [1.165, 1.54) is 17.8 Å². The Balaban J connectivity index is 1.81. The second kappa shape index (κ2) is 6.35. The summed E-state index contributed by atoms with van der Waals surface area (Å²) in [7, 11) is 0. The Kier molecular flexibility index (Phi) is 4.11. The summed E-state index contributed by atoms with van der Waals surface area (Å²) < 4.78 is 16.1. The zero-order valence-electron chi connectivity index (χ0n) is 15.1. The summed E-state index contributed by atoms with van der Waals surface area (Å²) in [5.41, 5.74) is 3.94. The number of amidine groups is 2. The lowest BCUT2D eigenvalue weighted by molar-refractivity contribution is -0.114. The molecule has 1 N–H and O–H groups in total. The molecule has 1 aromatic carbocycles. The van der Waals surface area contributed by atoms with E-state index in [2.05, 4.69) is 4.99 Å². The first-order chi connectivity index (χ1) is 12.9. The van der Waals surface area contributed by atoms with Crippen LogP contribution in [0.5, 0.6) is 0 Å². The van der Waals surface area contributed by atoms with Crippen molar-refractivity contribution in [2.75, 3.05) is 0 Å². The van der Waals surface area contributed by atoms with Crippen LogP contribution in [0.15, 0.2) is 52.0 Å². The van der Waals surface area contributed by atoms with E-state index in [9.17, 15) is 9.18 Å². The molecule has 0 spiro atoms. The van der Waals surface area contributed by atoms with Crippen molar-refractivity contribution >= 4 is 34.7 Å². The number of carbonyl (C=O) groups is 1. The third-order valence-corrected chi connectivity index (χ3v) is 5.59. The van der Waals surface area contributed by atoms with E-state index in [1.54, 1.807) is 29.2 Å².